The summed E-state index contributed by atoms with van der Waals surface area (Å²) in [5.74, 6) is 0.156. The molecule has 2 N–H and O–H groups in total. The van der Waals surface area contributed by atoms with E-state index in [1.54, 1.807) is 0 Å². The van der Waals surface area contributed by atoms with Crippen LogP contribution in [0.2, 0.25) is 4.82 Å². The van der Waals surface area contributed by atoms with Gasteiger partial charge in [-0.3, -0.25) is 0 Å². The first-order chi connectivity index (χ1) is 10.5. The van der Waals surface area contributed by atoms with Crippen LogP contribution in [0.15, 0.2) is 12.1 Å². The summed E-state index contributed by atoms with van der Waals surface area (Å²) < 4.78 is 86.2. The summed E-state index contributed by atoms with van der Waals surface area (Å²) in [6.45, 7) is 0.248. The third kappa shape index (κ3) is 5.19. The molecule has 0 atom stereocenters. The Hall–Kier alpha value is -1.12. The van der Waals surface area contributed by atoms with Gasteiger partial charge in [0.05, 0.1) is 0 Å². The van der Waals surface area contributed by atoms with Crippen LogP contribution in [0.4, 0.5) is 26.3 Å². The van der Waals surface area contributed by atoms with Gasteiger partial charge in [-0.15, -0.1) is 0 Å². The van der Waals surface area contributed by atoms with Crippen molar-refractivity contribution < 1.29 is 35.8 Å². The molecule has 0 saturated heterocycles. The van der Waals surface area contributed by atoms with Gasteiger partial charge in [0, 0.05) is 0 Å². The van der Waals surface area contributed by atoms with E-state index in [0.29, 0.717) is 12.0 Å². The maximum absolute atomic E-state index is 12.7. The third-order valence-corrected chi connectivity index (χ3v) is 5.64. The molecule has 0 bridgehead atoms. The number of nitrogens with two attached hydrogens (primary N) is 1. The van der Waals surface area contributed by atoms with E-state index in [-0.39, 0.29) is 22.5 Å². The molecule has 0 amide bonds. The zero-order valence-electron chi connectivity index (χ0n) is 12.2. The van der Waals surface area contributed by atoms with Gasteiger partial charge in [0.15, 0.2) is 0 Å². The number of benzene rings is 1. The fourth-order valence-electron chi connectivity index (χ4n) is 1.82. The van der Waals surface area contributed by atoms with Crippen LogP contribution in [0.25, 0.3) is 0 Å². The molecular weight excluding hydrogens is 395 g/mol. The van der Waals surface area contributed by atoms with Gasteiger partial charge in [0.1, 0.15) is 0 Å². The number of methoxy groups -OCH3 is 2. The van der Waals surface area contributed by atoms with Crippen LogP contribution < -0.4 is 19.7 Å². The maximum atomic E-state index is 12.7. The monoisotopic (exact) mass is 411 g/mol. The van der Waals surface area contributed by atoms with Gasteiger partial charge in [-0.1, -0.05) is 0 Å². The van der Waals surface area contributed by atoms with Crippen molar-refractivity contribution in [2.75, 3.05) is 20.8 Å². The Balaban J connectivity index is 3.30. The summed E-state index contributed by atoms with van der Waals surface area (Å²) >= 11 is -1.96. The van der Waals surface area contributed by atoms with E-state index in [0.717, 1.165) is 6.07 Å². The Morgan fingerprint density at radius 2 is 1.52 bits per heavy atom. The fourth-order valence-corrected chi connectivity index (χ4v) is 3.83. The molecular formula is C13H15F6NO2Se. The van der Waals surface area contributed by atoms with Crippen molar-refractivity contribution >= 4 is 19.4 Å². The Kier molecular flexibility index (Phi) is 6.61. The minimum absolute atomic E-state index is 0.0345. The van der Waals surface area contributed by atoms with Crippen LogP contribution in [0.1, 0.15) is 5.56 Å². The van der Waals surface area contributed by atoms with E-state index in [1.807, 2.05) is 0 Å². The minimum atomic E-state index is -5.38. The fraction of sp³-hybridized carbons (Fsp3) is 0.538. The van der Waals surface area contributed by atoms with Gasteiger partial charge < -0.3 is 0 Å². The van der Waals surface area contributed by atoms with Crippen molar-refractivity contribution in [2.45, 2.75) is 23.6 Å². The molecule has 23 heavy (non-hydrogen) atoms. The van der Waals surface area contributed by atoms with E-state index < -0.39 is 32.1 Å². The topological polar surface area (TPSA) is 44.5 Å². The number of hydrogen-bond acceptors (Lipinski definition) is 3. The SMILES string of the molecule is COc1cc([Se]C(C(F)(F)F)C(F)(F)F)c(OC)cc1CCN. The van der Waals surface area contributed by atoms with Crippen molar-refractivity contribution in [3.05, 3.63) is 17.7 Å². The Morgan fingerprint density at radius 1 is 1.00 bits per heavy atom. The number of rotatable bonds is 6. The average Bonchev–Trinajstić information content (AvgIpc) is 2.42. The van der Waals surface area contributed by atoms with Gasteiger partial charge in [-0.25, -0.2) is 0 Å². The summed E-state index contributed by atoms with van der Waals surface area (Å²) in [6, 6.07) is 2.53. The predicted molar refractivity (Wildman–Crippen MR) is 73.6 cm³/mol. The molecule has 0 heterocycles. The molecule has 0 saturated carbocycles. The molecule has 1 rings (SSSR count). The molecule has 0 unspecified atom stereocenters. The third-order valence-electron chi connectivity index (χ3n) is 2.82. The molecule has 10 heteroatoms. The molecule has 3 nitrogen and oxygen atoms in total. The molecule has 0 aliphatic carbocycles. The molecule has 0 aromatic heterocycles. The molecule has 1 aromatic carbocycles. The van der Waals surface area contributed by atoms with Crippen LogP contribution in [-0.2, 0) is 6.42 Å². The van der Waals surface area contributed by atoms with E-state index >= 15 is 0 Å². The van der Waals surface area contributed by atoms with E-state index in [9.17, 15) is 26.3 Å². The van der Waals surface area contributed by atoms with Crippen LogP contribution in [0.5, 0.6) is 11.5 Å². The second-order valence-electron chi connectivity index (χ2n) is 4.43. The Morgan fingerprint density at radius 3 is 1.91 bits per heavy atom. The summed E-state index contributed by atoms with van der Waals surface area (Å²) in [4.78, 5) is -3.42. The van der Waals surface area contributed by atoms with Gasteiger partial charge in [0.25, 0.3) is 0 Å². The van der Waals surface area contributed by atoms with Crippen LogP contribution in [-0.4, -0.2) is 48.1 Å². The zero-order valence-corrected chi connectivity index (χ0v) is 13.9. The standard InChI is InChI=1S/C13H15F6NO2Se/c1-21-8-6-10(9(22-2)5-7(8)3-4-20)23-11(12(14,15)16)13(17,18)19/h5-6,11H,3-4,20H2,1-2H3. The van der Waals surface area contributed by atoms with E-state index in [4.69, 9.17) is 15.2 Å². The van der Waals surface area contributed by atoms with Crippen LogP contribution >= 0.6 is 0 Å². The van der Waals surface area contributed by atoms with Crippen molar-refractivity contribution in [3.8, 4) is 11.5 Å². The number of hydrogen-bond donors (Lipinski definition) is 1. The van der Waals surface area contributed by atoms with Crippen LogP contribution in [0, 0.1) is 0 Å². The predicted octanol–water partition coefficient (Wildman–Crippen LogP) is 2.45. The van der Waals surface area contributed by atoms with Crippen molar-refractivity contribution in [2.24, 2.45) is 5.73 Å². The van der Waals surface area contributed by atoms with Crippen LogP contribution in [0.3, 0.4) is 0 Å². The second kappa shape index (κ2) is 7.63. The van der Waals surface area contributed by atoms with Gasteiger partial charge in [-0.05, 0) is 0 Å². The van der Waals surface area contributed by atoms with Gasteiger partial charge >= 0.3 is 135 Å². The summed E-state index contributed by atoms with van der Waals surface area (Å²) in [5.41, 5.74) is 5.98. The normalized spacial score (nSPS) is 12.6. The number of ether oxygens (including phenoxy) is 2. The average molecular weight is 410 g/mol. The van der Waals surface area contributed by atoms with Gasteiger partial charge in [0.2, 0.25) is 0 Å². The summed E-state index contributed by atoms with van der Waals surface area (Å²) in [7, 11) is 2.47. The summed E-state index contributed by atoms with van der Waals surface area (Å²) in [5, 5.41) is 0. The zero-order chi connectivity index (χ0) is 17.8. The summed E-state index contributed by atoms with van der Waals surface area (Å²) in [6.07, 6.45) is -10.4. The second-order valence-corrected chi connectivity index (χ2v) is 6.84. The van der Waals surface area contributed by atoms with Crippen molar-refractivity contribution in [3.63, 3.8) is 0 Å². The first-order valence-corrected chi connectivity index (χ1v) is 8.14. The van der Waals surface area contributed by atoms with Crippen molar-refractivity contribution in [1.82, 2.24) is 0 Å². The molecule has 0 fully saturated rings. The number of alkyl halides is 6. The van der Waals surface area contributed by atoms with Gasteiger partial charge in [-0.2, -0.15) is 0 Å². The molecule has 0 aliphatic heterocycles. The Bertz CT molecular complexity index is 518. The first-order valence-electron chi connectivity index (χ1n) is 6.29. The van der Waals surface area contributed by atoms with E-state index in [2.05, 4.69) is 0 Å². The molecule has 0 spiro atoms. The molecule has 132 valence electrons. The number of halogens is 6. The molecule has 0 radical (unpaired) electrons. The van der Waals surface area contributed by atoms with E-state index in [1.165, 1.54) is 20.3 Å². The van der Waals surface area contributed by atoms with Crippen molar-refractivity contribution in [1.29, 1.82) is 0 Å². The quantitative estimate of drug-likeness (QED) is 0.579. The molecule has 1 aromatic rings. The Labute approximate surface area is 135 Å². The first kappa shape index (κ1) is 19.9. The molecule has 0 aliphatic rings.